The van der Waals surface area contributed by atoms with Crippen LogP contribution in [0.1, 0.15) is 49.3 Å². The van der Waals surface area contributed by atoms with Gasteiger partial charge in [-0.15, -0.1) is 0 Å². The second-order valence-electron chi connectivity index (χ2n) is 9.53. The molecule has 1 aromatic carbocycles. The first-order valence-electron chi connectivity index (χ1n) is 10.7. The normalized spacial score (nSPS) is 15.9. The molecule has 2 amide bonds. The number of ether oxygens (including phenoxy) is 1. The van der Waals surface area contributed by atoms with E-state index in [0.29, 0.717) is 11.1 Å². The van der Waals surface area contributed by atoms with Crippen LogP contribution in [0.2, 0.25) is 0 Å². The van der Waals surface area contributed by atoms with Crippen LogP contribution in [0.25, 0.3) is 0 Å². The number of aliphatic hydroxyl groups is 1. The Kier molecular flexibility index (Phi) is 7.37. The summed E-state index contributed by atoms with van der Waals surface area (Å²) >= 11 is 2.00. The fourth-order valence-electron chi connectivity index (χ4n) is 3.56. The van der Waals surface area contributed by atoms with Gasteiger partial charge in [-0.3, -0.25) is 9.59 Å². The van der Waals surface area contributed by atoms with E-state index in [4.69, 9.17) is 4.74 Å². The number of alkyl carbamates (subject to hydrolysis) is 1. The lowest BCUT2D eigenvalue weighted by atomic mass is 9.86. The van der Waals surface area contributed by atoms with Crippen molar-refractivity contribution >= 4 is 34.6 Å². The number of likely N-dealkylation sites (tertiary alicyclic amines) is 1. The first-order valence-corrected chi connectivity index (χ1v) is 11.8. The maximum absolute atomic E-state index is 14.4. The van der Waals surface area contributed by atoms with Gasteiger partial charge in [0, 0.05) is 23.1 Å². The molecule has 0 bridgehead atoms. The van der Waals surface area contributed by atoms with Gasteiger partial charge in [0.1, 0.15) is 17.0 Å². The molecule has 1 fully saturated rings. The fraction of sp³-hybridized carbons (Fsp3) is 0.478. The number of aryl methyl sites for hydroxylation is 1. The lowest BCUT2D eigenvalue weighted by Gasteiger charge is -2.49. The highest BCUT2D eigenvalue weighted by atomic mass is 127. The molecule has 1 atom stereocenters. The Bertz CT molecular complexity index is 1170. The Balaban J connectivity index is 1.76. The van der Waals surface area contributed by atoms with Gasteiger partial charge in [0.05, 0.1) is 19.1 Å². The molecular formula is C23H28FIN4O5. The van der Waals surface area contributed by atoms with E-state index in [1.165, 1.54) is 24.1 Å². The number of nitrogens with zero attached hydrogens (tertiary/aromatic N) is 3. The Morgan fingerprint density at radius 2 is 1.94 bits per heavy atom. The van der Waals surface area contributed by atoms with Crippen LogP contribution in [-0.2, 0) is 18.2 Å². The number of rotatable bonds is 5. The lowest BCUT2D eigenvalue weighted by Crippen LogP contribution is -2.71. The number of hydrogen-bond acceptors (Lipinski definition) is 6. The number of carbonyl (C=O) groups is 2. The molecule has 2 N–H and O–H groups in total. The van der Waals surface area contributed by atoms with Gasteiger partial charge in [0.15, 0.2) is 5.69 Å². The maximum Gasteiger partial charge on any atom is 0.407 e. The summed E-state index contributed by atoms with van der Waals surface area (Å²) in [6, 6.07) is 5.31. The van der Waals surface area contributed by atoms with E-state index >= 15 is 0 Å². The summed E-state index contributed by atoms with van der Waals surface area (Å²) in [6.07, 6.45) is -0.651. The van der Waals surface area contributed by atoms with Gasteiger partial charge in [0.25, 0.3) is 11.5 Å². The quantitative estimate of drug-likeness (QED) is 0.520. The van der Waals surface area contributed by atoms with Gasteiger partial charge in [-0.25, -0.2) is 13.9 Å². The number of β-amino-alcohol motifs (C(OH)–C–C–N with tert-alkyl or cyclic N) is 1. The van der Waals surface area contributed by atoms with Gasteiger partial charge >= 0.3 is 6.09 Å². The van der Waals surface area contributed by atoms with Crippen molar-refractivity contribution in [1.29, 1.82) is 0 Å². The molecule has 2 aromatic rings. The van der Waals surface area contributed by atoms with Crippen LogP contribution in [-0.4, -0.2) is 62.1 Å². The van der Waals surface area contributed by atoms with Crippen LogP contribution in [0, 0.1) is 9.39 Å². The second-order valence-corrected chi connectivity index (χ2v) is 10.8. The third kappa shape index (κ3) is 5.93. The zero-order valence-electron chi connectivity index (χ0n) is 19.7. The predicted octanol–water partition coefficient (Wildman–Crippen LogP) is 2.21. The Labute approximate surface area is 210 Å². The molecular weight excluding hydrogens is 558 g/mol. The highest BCUT2D eigenvalue weighted by Gasteiger charge is 2.49. The number of nitrogens with one attached hydrogen (secondary N) is 1. The van der Waals surface area contributed by atoms with Crippen molar-refractivity contribution in [3.8, 4) is 0 Å². The number of hydrogen-bond donors (Lipinski definition) is 2. The van der Waals surface area contributed by atoms with E-state index < -0.39 is 40.6 Å². The molecule has 9 nitrogen and oxygen atoms in total. The third-order valence-electron chi connectivity index (χ3n) is 5.53. The molecule has 2 heterocycles. The highest BCUT2D eigenvalue weighted by Crippen LogP contribution is 2.27. The topological polar surface area (TPSA) is 114 Å². The van der Waals surface area contributed by atoms with E-state index in [9.17, 15) is 23.9 Å². The molecule has 1 aromatic heterocycles. The molecule has 11 heteroatoms. The van der Waals surface area contributed by atoms with Gasteiger partial charge in [-0.2, -0.15) is 5.10 Å². The van der Waals surface area contributed by atoms with Crippen molar-refractivity contribution in [2.75, 3.05) is 13.1 Å². The van der Waals surface area contributed by atoms with Crippen LogP contribution in [0.15, 0.2) is 29.1 Å². The molecule has 34 heavy (non-hydrogen) atoms. The summed E-state index contributed by atoms with van der Waals surface area (Å²) in [6.45, 7) is 6.72. The van der Waals surface area contributed by atoms with Crippen molar-refractivity contribution in [3.63, 3.8) is 0 Å². The van der Waals surface area contributed by atoms with Gasteiger partial charge in [-0.05, 0) is 73.5 Å². The van der Waals surface area contributed by atoms with Gasteiger partial charge in [0.2, 0.25) is 0 Å². The number of amides is 2. The van der Waals surface area contributed by atoms with Crippen LogP contribution >= 0.6 is 22.6 Å². The number of halogens is 2. The summed E-state index contributed by atoms with van der Waals surface area (Å²) in [5, 5.41) is 17.6. The smallest absolute Gasteiger partial charge is 0.407 e. The summed E-state index contributed by atoms with van der Waals surface area (Å²) in [4.78, 5) is 38.8. The zero-order valence-corrected chi connectivity index (χ0v) is 21.8. The molecule has 3 rings (SSSR count). The van der Waals surface area contributed by atoms with Crippen LogP contribution < -0.4 is 10.9 Å². The SMILES string of the molecule is C[C@H](NC(=O)OC(C)(C)C)C1(O)CN(C(=O)c2nn(C)c(=O)cc2Cc2ccc(I)cc2F)C1. The molecule has 0 aliphatic carbocycles. The third-order valence-corrected chi connectivity index (χ3v) is 6.20. The summed E-state index contributed by atoms with van der Waals surface area (Å²) < 4.78 is 21.4. The van der Waals surface area contributed by atoms with Crippen molar-refractivity contribution in [2.45, 2.75) is 51.4 Å². The number of carbonyl (C=O) groups excluding carboxylic acids is 2. The van der Waals surface area contributed by atoms with Crippen molar-refractivity contribution in [3.05, 3.63) is 60.8 Å². The summed E-state index contributed by atoms with van der Waals surface area (Å²) in [7, 11) is 1.42. The van der Waals surface area contributed by atoms with Crippen molar-refractivity contribution in [2.24, 2.45) is 7.05 Å². The largest absolute Gasteiger partial charge is 0.444 e. The molecule has 0 saturated carbocycles. The average Bonchev–Trinajstić information content (AvgIpc) is 2.68. The highest BCUT2D eigenvalue weighted by molar-refractivity contribution is 14.1. The number of benzene rings is 1. The Hall–Kier alpha value is -2.54. The number of aromatic nitrogens is 2. The maximum atomic E-state index is 14.4. The van der Waals surface area contributed by atoms with Crippen LogP contribution in [0.3, 0.4) is 0 Å². The zero-order chi connectivity index (χ0) is 25.4. The monoisotopic (exact) mass is 586 g/mol. The van der Waals surface area contributed by atoms with E-state index in [2.05, 4.69) is 10.4 Å². The second kappa shape index (κ2) is 9.61. The van der Waals surface area contributed by atoms with E-state index in [1.54, 1.807) is 39.8 Å². The summed E-state index contributed by atoms with van der Waals surface area (Å²) in [5.41, 5.74) is -1.82. The standard InChI is InChI=1S/C23H28FIN4O5/c1-13(26-21(32)34-22(2,3)4)23(33)11-29(12-23)20(31)19-15(9-18(30)28(5)27-19)8-14-6-7-16(25)10-17(14)24/h6-7,9-10,13,33H,8,11-12H2,1-5H3,(H,26,32)/t13-/m0/s1. The Morgan fingerprint density at radius 1 is 1.29 bits per heavy atom. The summed E-state index contributed by atoms with van der Waals surface area (Å²) in [5.74, 6) is -0.933. The molecule has 1 saturated heterocycles. The first kappa shape index (κ1) is 26.1. The average molecular weight is 586 g/mol. The molecule has 0 unspecified atom stereocenters. The van der Waals surface area contributed by atoms with Gasteiger partial charge in [-0.1, -0.05) is 6.07 Å². The van der Waals surface area contributed by atoms with E-state index in [0.717, 1.165) is 8.25 Å². The molecule has 0 radical (unpaired) electrons. The minimum Gasteiger partial charge on any atom is -0.444 e. The van der Waals surface area contributed by atoms with Gasteiger partial charge < -0.3 is 20.1 Å². The molecule has 0 spiro atoms. The Morgan fingerprint density at radius 3 is 2.53 bits per heavy atom. The van der Waals surface area contributed by atoms with Crippen molar-refractivity contribution < 1.29 is 23.8 Å². The minimum atomic E-state index is -1.35. The van der Waals surface area contributed by atoms with E-state index in [1.807, 2.05) is 22.6 Å². The minimum absolute atomic E-state index is 0.00912. The first-order chi connectivity index (χ1) is 15.7. The molecule has 1 aliphatic heterocycles. The van der Waals surface area contributed by atoms with E-state index in [-0.39, 0.29) is 25.2 Å². The van der Waals surface area contributed by atoms with Crippen LogP contribution in [0.4, 0.5) is 9.18 Å². The van der Waals surface area contributed by atoms with Crippen molar-refractivity contribution in [1.82, 2.24) is 20.0 Å². The predicted molar refractivity (Wildman–Crippen MR) is 131 cm³/mol. The lowest BCUT2D eigenvalue weighted by molar-refractivity contribution is -0.100. The molecule has 184 valence electrons. The van der Waals surface area contributed by atoms with Crippen LogP contribution in [0.5, 0.6) is 0 Å². The molecule has 1 aliphatic rings. The fourth-order valence-corrected chi connectivity index (χ4v) is 4.01.